The highest BCUT2D eigenvalue weighted by atomic mass is 35.5. The van der Waals surface area contributed by atoms with Crippen LogP contribution in [0.2, 0.25) is 0 Å². The van der Waals surface area contributed by atoms with Crippen LogP contribution < -0.4 is 0 Å². The summed E-state index contributed by atoms with van der Waals surface area (Å²) in [5.41, 5.74) is -1.66. The first-order chi connectivity index (χ1) is 10.6. The lowest BCUT2D eigenvalue weighted by Crippen LogP contribution is -2.11. The molecule has 1 saturated carbocycles. The van der Waals surface area contributed by atoms with Crippen molar-refractivity contribution in [2.75, 3.05) is 7.11 Å². The van der Waals surface area contributed by atoms with Crippen molar-refractivity contribution < 1.29 is 22.3 Å². The van der Waals surface area contributed by atoms with E-state index in [2.05, 4.69) is 4.74 Å². The van der Waals surface area contributed by atoms with Crippen molar-refractivity contribution >= 4 is 23.2 Å². The Hall–Kier alpha value is -0.780. The maximum absolute atomic E-state index is 14.2. The zero-order valence-corrected chi connectivity index (χ0v) is 14.3. The minimum atomic E-state index is -1.42. The molecular weight excluding hydrogens is 355 g/mol. The molecule has 2 atom stereocenters. The zero-order chi connectivity index (χ0) is 17.5. The van der Waals surface area contributed by atoms with Crippen LogP contribution in [0.15, 0.2) is 10.6 Å². The van der Waals surface area contributed by atoms with Crippen molar-refractivity contribution in [2.45, 2.75) is 26.9 Å². The highest BCUT2D eigenvalue weighted by Gasteiger charge is 2.56. The second kappa shape index (κ2) is 6.61. The number of ether oxygens (including phenoxy) is 1. The van der Waals surface area contributed by atoms with E-state index in [1.165, 1.54) is 7.11 Å². The lowest BCUT2D eigenvalue weighted by Gasteiger charge is -2.12. The molecule has 0 aliphatic heterocycles. The van der Waals surface area contributed by atoms with Crippen LogP contribution in [0.1, 0.15) is 25.0 Å². The van der Waals surface area contributed by atoms with Gasteiger partial charge in [0.25, 0.3) is 0 Å². The van der Waals surface area contributed by atoms with Gasteiger partial charge in [0.2, 0.25) is 0 Å². The Morgan fingerprint density at radius 3 is 1.96 bits per heavy atom. The predicted octanol–water partition coefficient (Wildman–Crippen LogP) is 5.52. The van der Waals surface area contributed by atoms with Gasteiger partial charge in [-0.05, 0) is 23.7 Å². The summed E-state index contributed by atoms with van der Waals surface area (Å²) in [7, 11) is 1.18. The largest absolute Gasteiger partial charge is 0.380 e. The van der Waals surface area contributed by atoms with E-state index in [0.717, 1.165) is 0 Å². The van der Waals surface area contributed by atoms with Crippen LogP contribution in [0.4, 0.5) is 17.6 Å². The Balaban J connectivity index is 2.37. The van der Waals surface area contributed by atoms with Gasteiger partial charge < -0.3 is 4.74 Å². The van der Waals surface area contributed by atoms with Gasteiger partial charge in [0.05, 0.1) is 12.2 Å². The van der Waals surface area contributed by atoms with Crippen LogP contribution in [0, 0.1) is 40.5 Å². The first-order valence-corrected chi connectivity index (χ1v) is 7.73. The molecule has 0 radical (unpaired) electrons. The number of benzene rings is 1. The van der Waals surface area contributed by atoms with Crippen LogP contribution in [0.25, 0.3) is 0 Å². The Kier molecular flexibility index (Phi) is 5.34. The molecule has 0 bridgehead atoms. The molecule has 1 aliphatic carbocycles. The SMILES string of the molecule is COCc1c(F)c(F)c(C[C@@H]2[C@H](C=C(Cl)Cl)C2(C)C)c(F)c1F. The first kappa shape index (κ1) is 18.6. The fraction of sp³-hybridized carbons (Fsp3) is 0.500. The molecule has 0 aromatic heterocycles. The highest BCUT2D eigenvalue weighted by Crippen LogP contribution is 2.61. The first-order valence-electron chi connectivity index (χ1n) is 6.98. The number of methoxy groups -OCH3 is 1. The number of hydrogen-bond donors (Lipinski definition) is 0. The number of halogens is 6. The third kappa shape index (κ3) is 3.37. The van der Waals surface area contributed by atoms with Crippen LogP contribution in [0.5, 0.6) is 0 Å². The lowest BCUT2D eigenvalue weighted by atomic mass is 9.99. The molecule has 0 N–H and O–H groups in total. The molecule has 1 fully saturated rings. The summed E-state index contributed by atoms with van der Waals surface area (Å²) < 4.78 is 60.8. The molecule has 0 spiro atoms. The summed E-state index contributed by atoms with van der Waals surface area (Å²) >= 11 is 11.2. The predicted molar refractivity (Wildman–Crippen MR) is 81.2 cm³/mol. The van der Waals surface area contributed by atoms with Crippen LogP contribution >= 0.6 is 23.2 Å². The molecule has 1 nitrogen and oxygen atoms in total. The molecule has 0 unspecified atom stereocenters. The number of hydrogen-bond acceptors (Lipinski definition) is 1. The summed E-state index contributed by atoms with van der Waals surface area (Å²) in [6, 6.07) is 0. The third-order valence-corrected chi connectivity index (χ3v) is 4.85. The molecule has 0 saturated heterocycles. The summed E-state index contributed by atoms with van der Waals surface area (Å²) in [6.07, 6.45) is 1.43. The van der Waals surface area contributed by atoms with Crippen molar-refractivity contribution in [3.8, 4) is 0 Å². The molecule has 1 aromatic rings. The highest BCUT2D eigenvalue weighted by molar-refractivity contribution is 6.55. The van der Waals surface area contributed by atoms with E-state index in [4.69, 9.17) is 23.2 Å². The summed E-state index contributed by atoms with van der Waals surface area (Å²) in [5, 5.41) is 0. The van der Waals surface area contributed by atoms with E-state index in [0.29, 0.717) is 0 Å². The van der Waals surface area contributed by atoms with Gasteiger partial charge in [-0.3, -0.25) is 0 Å². The van der Waals surface area contributed by atoms with E-state index in [1.807, 2.05) is 13.8 Å². The van der Waals surface area contributed by atoms with E-state index in [-0.39, 0.29) is 28.2 Å². The molecule has 23 heavy (non-hydrogen) atoms. The second-order valence-corrected chi connectivity index (χ2v) is 7.27. The maximum atomic E-state index is 14.2. The quantitative estimate of drug-likeness (QED) is 0.489. The minimum absolute atomic E-state index is 0.0549. The van der Waals surface area contributed by atoms with Crippen molar-refractivity contribution in [1.82, 2.24) is 0 Å². The topological polar surface area (TPSA) is 9.23 Å². The van der Waals surface area contributed by atoms with Crippen molar-refractivity contribution in [2.24, 2.45) is 17.3 Å². The van der Waals surface area contributed by atoms with E-state index in [9.17, 15) is 17.6 Å². The Morgan fingerprint density at radius 1 is 1.04 bits per heavy atom. The van der Waals surface area contributed by atoms with Crippen LogP contribution in [0.3, 0.4) is 0 Å². The standard InChI is InChI=1S/C16H16Cl2F4O/c1-16(2)9(10(16)5-11(17)18)4-7-12(19)14(21)8(6-23-3)15(22)13(7)20/h5,9-10H,4,6H2,1-3H3/t9-,10+/m1/s1. The fourth-order valence-electron chi connectivity index (χ4n) is 3.04. The van der Waals surface area contributed by atoms with Gasteiger partial charge in [0, 0.05) is 12.7 Å². The molecule has 1 aliphatic rings. The molecule has 0 amide bonds. The van der Waals surface area contributed by atoms with Gasteiger partial charge in [-0.1, -0.05) is 43.1 Å². The lowest BCUT2D eigenvalue weighted by molar-refractivity contribution is 0.175. The molecule has 0 heterocycles. The Labute approximate surface area is 142 Å². The Morgan fingerprint density at radius 2 is 1.52 bits per heavy atom. The average molecular weight is 371 g/mol. The van der Waals surface area contributed by atoms with Gasteiger partial charge >= 0.3 is 0 Å². The minimum Gasteiger partial charge on any atom is -0.380 e. The van der Waals surface area contributed by atoms with Crippen molar-refractivity contribution in [3.63, 3.8) is 0 Å². The number of rotatable bonds is 5. The molecule has 2 rings (SSSR count). The molecular formula is C16H16Cl2F4O. The van der Waals surface area contributed by atoms with Gasteiger partial charge in [-0.15, -0.1) is 0 Å². The van der Waals surface area contributed by atoms with Crippen LogP contribution in [-0.4, -0.2) is 7.11 Å². The summed E-state index contributed by atoms with van der Waals surface area (Å²) in [5.74, 6) is -5.91. The third-order valence-electron chi connectivity index (χ3n) is 4.60. The van der Waals surface area contributed by atoms with Gasteiger partial charge in [-0.25, -0.2) is 17.6 Å². The summed E-state index contributed by atoms with van der Waals surface area (Å²) in [4.78, 5) is 0. The normalized spacial score (nSPS) is 22.1. The smallest absolute Gasteiger partial charge is 0.167 e. The monoisotopic (exact) mass is 370 g/mol. The zero-order valence-electron chi connectivity index (χ0n) is 12.8. The van der Waals surface area contributed by atoms with Crippen molar-refractivity contribution in [3.05, 3.63) is 45.0 Å². The van der Waals surface area contributed by atoms with Gasteiger partial charge in [-0.2, -0.15) is 0 Å². The van der Waals surface area contributed by atoms with Crippen molar-refractivity contribution in [1.29, 1.82) is 0 Å². The van der Waals surface area contributed by atoms with Gasteiger partial charge in [0.15, 0.2) is 23.3 Å². The molecule has 1 aromatic carbocycles. The Bertz CT molecular complexity index is 625. The molecule has 7 heteroatoms. The van der Waals surface area contributed by atoms with E-state index in [1.54, 1.807) is 6.08 Å². The van der Waals surface area contributed by atoms with Gasteiger partial charge in [0.1, 0.15) is 4.49 Å². The second-order valence-electron chi connectivity index (χ2n) is 6.26. The maximum Gasteiger partial charge on any atom is 0.167 e. The number of allylic oxidation sites excluding steroid dienone is 1. The average Bonchev–Trinajstić information content (AvgIpc) is 2.97. The summed E-state index contributed by atoms with van der Waals surface area (Å²) in [6.45, 7) is 3.20. The fourth-order valence-corrected chi connectivity index (χ4v) is 3.31. The van der Waals surface area contributed by atoms with E-state index < -0.39 is 41.0 Å². The van der Waals surface area contributed by atoms with E-state index >= 15 is 0 Å². The molecule has 128 valence electrons. The van der Waals surface area contributed by atoms with Crippen LogP contribution in [-0.2, 0) is 17.8 Å².